The molecule has 1 aromatic carbocycles. The van der Waals surface area contributed by atoms with E-state index in [1.54, 1.807) is 19.1 Å². The van der Waals surface area contributed by atoms with Crippen molar-refractivity contribution >= 4 is 22.0 Å². The number of benzene rings is 1. The fourth-order valence-corrected chi connectivity index (χ4v) is 1.11. The standard InChI is InChI=1S/C11H12BrF/c1-8-3-5-10(7-11(8)13)6-4-9(2)12/h3-7,9H,1-2H3/b6-4+. The topological polar surface area (TPSA) is 0 Å². The Bertz CT molecular complexity index is 316. The van der Waals surface area contributed by atoms with E-state index >= 15 is 0 Å². The molecule has 0 N–H and O–H groups in total. The minimum Gasteiger partial charge on any atom is -0.207 e. The zero-order chi connectivity index (χ0) is 9.84. The molecule has 0 aliphatic rings. The van der Waals surface area contributed by atoms with E-state index < -0.39 is 0 Å². The van der Waals surface area contributed by atoms with Gasteiger partial charge in [-0.05, 0) is 31.0 Å². The highest BCUT2D eigenvalue weighted by Gasteiger charge is 1.96. The lowest BCUT2D eigenvalue weighted by Crippen LogP contribution is -1.84. The molecule has 0 radical (unpaired) electrons. The van der Waals surface area contributed by atoms with Gasteiger partial charge >= 0.3 is 0 Å². The Balaban J connectivity index is 2.85. The van der Waals surface area contributed by atoms with Crippen LogP contribution < -0.4 is 0 Å². The van der Waals surface area contributed by atoms with Gasteiger partial charge < -0.3 is 0 Å². The van der Waals surface area contributed by atoms with Crippen molar-refractivity contribution in [2.24, 2.45) is 0 Å². The molecule has 0 amide bonds. The maximum atomic E-state index is 13.1. The number of hydrogen-bond donors (Lipinski definition) is 0. The third kappa shape index (κ3) is 3.31. The highest BCUT2D eigenvalue weighted by atomic mass is 79.9. The fraction of sp³-hybridized carbons (Fsp3) is 0.273. The van der Waals surface area contributed by atoms with Crippen LogP contribution in [0.3, 0.4) is 0 Å². The molecule has 0 heterocycles. The third-order valence-corrected chi connectivity index (χ3v) is 2.05. The molecule has 0 bridgehead atoms. The number of aryl methyl sites for hydroxylation is 1. The lowest BCUT2D eigenvalue weighted by molar-refractivity contribution is 0.618. The second-order valence-corrected chi connectivity index (χ2v) is 4.49. The first kappa shape index (κ1) is 10.5. The van der Waals surface area contributed by atoms with Gasteiger partial charge in [-0.3, -0.25) is 0 Å². The number of allylic oxidation sites excluding steroid dienone is 1. The highest BCUT2D eigenvalue weighted by molar-refractivity contribution is 9.09. The fourth-order valence-electron chi connectivity index (χ4n) is 0.956. The lowest BCUT2D eigenvalue weighted by atomic mass is 10.1. The first-order valence-corrected chi connectivity index (χ1v) is 5.09. The molecule has 0 aliphatic carbocycles. The zero-order valence-corrected chi connectivity index (χ0v) is 9.31. The van der Waals surface area contributed by atoms with Gasteiger partial charge in [0.1, 0.15) is 5.82 Å². The second kappa shape index (κ2) is 4.56. The monoisotopic (exact) mass is 242 g/mol. The predicted octanol–water partition coefficient (Wildman–Crippen LogP) is 3.93. The zero-order valence-electron chi connectivity index (χ0n) is 7.72. The van der Waals surface area contributed by atoms with Crippen molar-refractivity contribution in [3.63, 3.8) is 0 Å². The minimum absolute atomic E-state index is 0.149. The quantitative estimate of drug-likeness (QED) is 0.690. The van der Waals surface area contributed by atoms with E-state index in [1.165, 1.54) is 0 Å². The molecule has 0 spiro atoms. The number of rotatable bonds is 2. The van der Waals surface area contributed by atoms with Gasteiger partial charge in [0.15, 0.2) is 0 Å². The van der Waals surface area contributed by atoms with Crippen LogP contribution in [-0.4, -0.2) is 4.83 Å². The molecular formula is C11H12BrF. The van der Waals surface area contributed by atoms with E-state index in [9.17, 15) is 4.39 Å². The molecule has 70 valence electrons. The molecule has 1 rings (SSSR count). The first-order chi connectivity index (χ1) is 6.09. The summed E-state index contributed by atoms with van der Waals surface area (Å²) in [4.78, 5) is 0.317. The Labute approximate surface area is 86.6 Å². The Morgan fingerprint density at radius 2 is 2.15 bits per heavy atom. The van der Waals surface area contributed by atoms with Gasteiger partial charge in [0.05, 0.1) is 0 Å². The molecule has 0 saturated heterocycles. The largest absolute Gasteiger partial charge is 0.207 e. The molecule has 0 nitrogen and oxygen atoms in total. The van der Waals surface area contributed by atoms with E-state index in [0.717, 1.165) is 5.56 Å². The van der Waals surface area contributed by atoms with E-state index in [-0.39, 0.29) is 5.82 Å². The summed E-state index contributed by atoms with van der Waals surface area (Å²) in [5.41, 5.74) is 1.58. The van der Waals surface area contributed by atoms with Crippen LogP contribution in [0.25, 0.3) is 6.08 Å². The maximum Gasteiger partial charge on any atom is 0.126 e. The molecule has 0 aliphatic heterocycles. The third-order valence-electron chi connectivity index (χ3n) is 1.75. The van der Waals surface area contributed by atoms with Crippen LogP contribution in [0.5, 0.6) is 0 Å². The minimum atomic E-state index is -0.149. The number of alkyl halides is 1. The summed E-state index contributed by atoms with van der Waals surface area (Å²) in [6.45, 7) is 3.77. The van der Waals surface area contributed by atoms with E-state index in [1.807, 2.05) is 25.1 Å². The van der Waals surface area contributed by atoms with Gasteiger partial charge in [0.2, 0.25) is 0 Å². The van der Waals surface area contributed by atoms with Gasteiger partial charge in [-0.2, -0.15) is 0 Å². The predicted molar refractivity (Wildman–Crippen MR) is 58.6 cm³/mol. The SMILES string of the molecule is Cc1ccc(/C=C/C(C)Br)cc1F. The average molecular weight is 243 g/mol. The van der Waals surface area contributed by atoms with Gasteiger partial charge in [-0.25, -0.2) is 4.39 Å². The summed E-state index contributed by atoms with van der Waals surface area (Å²) >= 11 is 3.38. The number of hydrogen-bond acceptors (Lipinski definition) is 0. The normalized spacial score (nSPS) is 13.5. The number of halogens is 2. The summed E-state index contributed by atoms with van der Waals surface area (Å²) in [5.74, 6) is -0.149. The summed E-state index contributed by atoms with van der Waals surface area (Å²) in [7, 11) is 0. The maximum absolute atomic E-state index is 13.1. The van der Waals surface area contributed by atoms with Crippen LogP contribution in [0.4, 0.5) is 4.39 Å². The van der Waals surface area contributed by atoms with Gasteiger partial charge in [0.25, 0.3) is 0 Å². The molecule has 1 unspecified atom stereocenters. The van der Waals surface area contributed by atoms with Crippen molar-refractivity contribution in [1.82, 2.24) is 0 Å². The Hall–Kier alpha value is -0.630. The van der Waals surface area contributed by atoms with Crippen LogP contribution in [0.2, 0.25) is 0 Å². The van der Waals surface area contributed by atoms with Crippen molar-refractivity contribution in [3.8, 4) is 0 Å². The second-order valence-electron chi connectivity index (χ2n) is 3.05. The van der Waals surface area contributed by atoms with Gasteiger partial charge in [0, 0.05) is 4.83 Å². The Morgan fingerprint density at radius 3 is 2.69 bits per heavy atom. The summed E-state index contributed by atoms with van der Waals surface area (Å²) in [6.07, 6.45) is 3.88. The van der Waals surface area contributed by atoms with E-state index in [4.69, 9.17) is 0 Å². The molecule has 0 fully saturated rings. The van der Waals surface area contributed by atoms with Crippen LogP contribution in [0.15, 0.2) is 24.3 Å². The van der Waals surface area contributed by atoms with E-state index in [2.05, 4.69) is 15.9 Å². The van der Waals surface area contributed by atoms with Crippen molar-refractivity contribution in [2.45, 2.75) is 18.7 Å². The molecule has 2 heteroatoms. The molecule has 0 aromatic heterocycles. The van der Waals surface area contributed by atoms with Crippen LogP contribution in [0.1, 0.15) is 18.1 Å². The molecule has 1 atom stereocenters. The average Bonchev–Trinajstić information content (AvgIpc) is 2.07. The van der Waals surface area contributed by atoms with Gasteiger partial charge in [-0.1, -0.05) is 40.2 Å². The molecular weight excluding hydrogens is 231 g/mol. The van der Waals surface area contributed by atoms with Crippen LogP contribution in [-0.2, 0) is 0 Å². The highest BCUT2D eigenvalue weighted by Crippen LogP contribution is 2.11. The first-order valence-electron chi connectivity index (χ1n) is 4.18. The van der Waals surface area contributed by atoms with Gasteiger partial charge in [-0.15, -0.1) is 0 Å². The van der Waals surface area contributed by atoms with Crippen LogP contribution in [0, 0.1) is 12.7 Å². The lowest BCUT2D eigenvalue weighted by Gasteiger charge is -1.98. The Morgan fingerprint density at radius 1 is 1.46 bits per heavy atom. The van der Waals surface area contributed by atoms with Crippen molar-refractivity contribution in [3.05, 3.63) is 41.2 Å². The summed E-state index contributed by atoms with van der Waals surface area (Å²) in [5, 5.41) is 0. The molecule has 13 heavy (non-hydrogen) atoms. The Kier molecular flexibility index (Phi) is 3.67. The van der Waals surface area contributed by atoms with Crippen LogP contribution >= 0.6 is 15.9 Å². The summed E-state index contributed by atoms with van der Waals surface area (Å²) in [6, 6.07) is 5.24. The van der Waals surface area contributed by atoms with E-state index in [0.29, 0.717) is 10.4 Å². The molecule has 1 aromatic rings. The van der Waals surface area contributed by atoms with Crippen molar-refractivity contribution in [2.75, 3.05) is 0 Å². The van der Waals surface area contributed by atoms with Crippen molar-refractivity contribution < 1.29 is 4.39 Å². The van der Waals surface area contributed by atoms with Crippen molar-refractivity contribution in [1.29, 1.82) is 0 Å². The molecule has 0 saturated carbocycles. The summed E-state index contributed by atoms with van der Waals surface area (Å²) < 4.78 is 13.1. The smallest absolute Gasteiger partial charge is 0.126 e.